The molecule has 0 heterocycles. The highest BCUT2D eigenvalue weighted by Gasteiger charge is 2.14. The minimum absolute atomic E-state index is 0.137. The van der Waals surface area contributed by atoms with Gasteiger partial charge in [0, 0.05) is 9.13 Å². The molecule has 2 amide bonds. The Morgan fingerprint density at radius 1 is 1.41 bits per heavy atom. The van der Waals surface area contributed by atoms with Crippen molar-refractivity contribution >= 4 is 34.4 Å². The highest BCUT2D eigenvalue weighted by Crippen LogP contribution is 2.21. The van der Waals surface area contributed by atoms with E-state index in [4.69, 9.17) is 5.73 Å². The summed E-state index contributed by atoms with van der Waals surface area (Å²) in [4.78, 5) is 22.5. The minimum atomic E-state index is -0.546. The van der Waals surface area contributed by atoms with Crippen LogP contribution in [0.25, 0.3) is 0 Å². The first-order valence-electron chi connectivity index (χ1n) is 5.27. The van der Waals surface area contributed by atoms with Crippen LogP contribution < -0.4 is 11.1 Å². The first kappa shape index (κ1) is 14.0. The summed E-state index contributed by atoms with van der Waals surface area (Å²) in [5.74, 6) is -0.553. The van der Waals surface area contributed by atoms with E-state index in [1.54, 1.807) is 0 Å². The molecule has 1 aromatic rings. The van der Waals surface area contributed by atoms with E-state index in [1.807, 2.05) is 32.0 Å². The molecule has 0 radical (unpaired) electrons. The van der Waals surface area contributed by atoms with E-state index in [1.165, 1.54) is 0 Å². The Bertz CT molecular complexity index is 444. The molecule has 0 aliphatic carbocycles. The molecule has 0 saturated carbocycles. The van der Waals surface area contributed by atoms with Crippen molar-refractivity contribution in [1.29, 1.82) is 0 Å². The van der Waals surface area contributed by atoms with Gasteiger partial charge in [-0.15, -0.1) is 0 Å². The van der Waals surface area contributed by atoms with Gasteiger partial charge in [-0.05, 0) is 46.2 Å². The highest BCUT2D eigenvalue weighted by atomic mass is 127. The number of primary amides is 1. The largest absolute Gasteiger partial charge is 0.368 e. The zero-order chi connectivity index (χ0) is 13.0. The van der Waals surface area contributed by atoms with Crippen LogP contribution in [0.3, 0.4) is 0 Å². The molecule has 0 aliphatic rings. The predicted octanol–water partition coefficient (Wildman–Crippen LogP) is 1.63. The number of nitrogens with two attached hydrogens (primary N) is 1. The molecule has 0 saturated heterocycles. The van der Waals surface area contributed by atoms with Gasteiger partial charge in [0.1, 0.15) is 0 Å². The van der Waals surface area contributed by atoms with Crippen molar-refractivity contribution in [2.45, 2.75) is 19.8 Å². The van der Waals surface area contributed by atoms with Gasteiger partial charge in [0.25, 0.3) is 5.91 Å². The van der Waals surface area contributed by atoms with Gasteiger partial charge >= 0.3 is 0 Å². The fourth-order valence-electron chi connectivity index (χ4n) is 1.49. The molecule has 0 unspecified atom stereocenters. The number of hydrogen-bond acceptors (Lipinski definition) is 2. The maximum absolute atomic E-state index is 11.9. The van der Waals surface area contributed by atoms with Crippen LogP contribution >= 0.6 is 22.6 Å². The van der Waals surface area contributed by atoms with Gasteiger partial charge in [-0.3, -0.25) is 9.59 Å². The van der Waals surface area contributed by atoms with Crippen LogP contribution in [0.2, 0.25) is 0 Å². The normalized spacial score (nSPS) is 10.4. The third kappa shape index (κ3) is 3.99. The summed E-state index contributed by atoms with van der Waals surface area (Å²) in [6.45, 7) is 3.90. The van der Waals surface area contributed by atoms with Crippen LogP contribution in [0.1, 0.15) is 35.7 Å². The summed E-state index contributed by atoms with van der Waals surface area (Å²) < 4.78 is 0.983. The molecule has 17 heavy (non-hydrogen) atoms. The second-order valence-electron chi connectivity index (χ2n) is 4.04. The second kappa shape index (κ2) is 6.00. The van der Waals surface area contributed by atoms with Gasteiger partial charge in [0.15, 0.2) is 0 Å². The lowest BCUT2D eigenvalue weighted by molar-refractivity contribution is -0.117. The lowest BCUT2D eigenvalue weighted by Crippen LogP contribution is -2.33. The van der Waals surface area contributed by atoms with E-state index in [2.05, 4.69) is 27.9 Å². The van der Waals surface area contributed by atoms with Crippen molar-refractivity contribution < 1.29 is 9.59 Å². The Hall–Kier alpha value is -1.11. The average molecular weight is 346 g/mol. The Balaban J connectivity index is 2.98. The zero-order valence-electron chi connectivity index (χ0n) is 9.79. The molecule has 4 nitrogen and oxygen atoms in total. The number of benzene rings is 1. The highest BCUT2D eigenvalue weighted by molar-refractivity contribution is 14.1. The molecule has 0 fully saturated rings. The van der Waals surface area contributed by atoms with E-state index in [-0.39, 0.29) is 18.4 Å². The van der Waals surface area contributed by atoms with Crippen LogP contribution in [0.15, 0.2) is 18.2 Å². The fourth-order valence-corrected chi connectivity index (χ4v) is 1.98. The SMILES string of the molecule is CC(C)c1ccc(I)cc1C(=O)NCC(N)=O. The van der Waals surface area contributed by atoms with Gasteiger partial charge in [-0.25, -0.2) is 0 Å². The number of hydrogen-bond donors (Lipinski definition) is 2. The number of carbonyl (C=O) groups excluding carboxylic acids is 2. The van der Waals surface area contributed by atoms with Crippen molar-refractivity contribution in [3.63, 3.8) is 0 Å². The fraction of sp³-hybridized carbons (Fsp3) is 0.333. The summed E-state index contributed by atoms with van der Waals surface area (Å²) in [5.41, 5.74) is 6.56. The van der Waals surface area contributed by atoms with Crippen LogP contribution in [-0.4, -0.2) is 18.4 Å². The molecule has 0 aromatic heterocycles. The zero-order valence-corrected chi connectivity index (χ0v) is 11.9. The van der Waals surface area contributed by atoms with E-state index in [0.717, 1.165) is 9.13 Å². The van der Waals surface area contributed by atoms with Crippen molar-refractivity contribution in [2.75, 3.05) is 6.54 Å². The number of nitrogens with one attached hydrogen (secondary N) is 1. The minimum Gasteiger partial charge on any atom is -0.368 e. The van der Waals surface area contributed by atoms with Gasteiger partial charge < -0.3 is 11.1 Å². The maximum atomic E-state index is 11.9. The van der Waals surface area contributed by atoms with Crippen molar-refractivity contribution in [2.24, 2.45) is 5.73 Å². The lowest BCUT2D eigenvalue weighted by Gasteiger charge is -2.12. The van der Waals surface area contributed by atoms with Crippen LogP contribution in [0.4, 0.5) is 0 Å². The van der Waals surface area contributed by atoms with Crippen LogP contribution in [0.5, 0.6) is 0 Å². The van der Waals surface area contributed by atoms with Crippen LogP contribution in [0, 0.1) is 3.57 Å². The topological polar surface area (TPSA) is 72.2 Å². The van der Waals surface area contributed by atoms with Crippen molar-refractivity contribution in [1.82, 2.24) is 5.32 Å². The van der Waals surface area contributed by atoms with Crippen molar-refractivity contribution in [3.05, 3.63) is 32.9 Å². The molecular formula is C12H15IN2O2. The van der Waals surface area contributed by atoms with Crippen LogP contribution in [-0.2, 0) is 4.79 Å². The first-order chi connectivity index (χ1) is 7.91. The van der Waals surface area contributed by atoms with Gasteiger partial charge in [-0.1, -0.05) is 19.9 Å². The molecule has 1 aromatic carbocycles. The van der Waals surface area contributed by atoms with E-state index < -0.39 is 5.91 Å². The predicted molar refractivity (Wildman–Crippen MR) is 74.8 cm³/mol. The molecular weight excluding hydrogens is 331 g/mol. The molecule has 0 bridgehead atoms. The first-order valence-corrected chi connectivity index (χ1v) is 6.35. The summed E-state index contributed by atoms with van der Waals surface area (Å²) in [5, 5.41) is 2.50. The number of rotatable bonds is 4. The lowest BCUT2D eigenvalue weighted by atomic mass is 9.97. The third-order valence-electron chi connectivity index (χ3n) is 2.31. The Labute approximate surface area is 114 Å². The second-order valence-corrected chi connectivity index (χ2v) is 5.28. The Kier molecular flexibility index (Phi) is 4.92. The quantitative estimate of drug-likeness (QED) is 0.814. The Morgan fingerprint density at radius 2 is 2.06 bits per heavy atom. The van der Waals surface area contributed by atoms with E-state index in [0.29, 0.717) is 5.56 Å². The molecule has 0 spiro atoms. The van der Waals surface area contributed by atoms with E-state index in [9.17, 15) is 9.59 Å². The van der Waals surface area contributed by atoms with Crippen molar-refractivity contribution in [3.8, 4) is 0 Å². The van der Waals surface area contributed by atoms with E-state index >= 15 is 0 Å². The summed E-state index contributed by atoms with van der Waals surface area (Å²) in [7, 11) is 0. The number of halogens is 1. The Morgan fingerprint density at radius 3 is 2.59 bits per heavy atom. The van der Waals surface area contributed by atoms with Gasteiger partial charge in [0.05, 0.1) is 6.54 Å². The smallest absolute Gasteiger partial charge is 0.252 e. The van der Waals surface area contributed by atoms with Gasteiger partial charge in [-0.2, -0.15) is 0 Å². The molecule has 0 atom stereocenters. The summed E-state index contributed by atoms with van der Waals surface area (Å²) in [6, 6.07) is 5.71. The standard InChI is InChI=1S/C12H15IN2O2/c1-7(2)9-4-3-8(13)5-10(9)12(17)15-6-11(14)16/h3-5,7H,6H2,1-2H3,(H2,14,16)(H,15,17). The average Bonchev–Trinajstić information content (AvgIpc) is 2.25. The molecule has 0 aliphatic heterocycles. The molecule has 3 N–H and O–H groups in total. The monoisotopic (exact) mass is 346 g/mol. The molecule has 1 rings (SSSR count). The molecule has 5 heteroatoms. The summed E-state index contributed by atoms with van der Waals surface area (Å²) in [6.07, 6.45) is 0. The maximum Gasteiger partial charge on any atom is 0.252 e. The number of amides is 2. The third-order valence-corrected chi connectivity index (χ3v) is 2.98. The van der Waals surface area contributed by atoms with Gasteiger partial charge in [0.2, 0.25) is 5.91 Å². The molecule has 92 valence electrons. The summed E-state index contributed by atoms with van der Waals surface area (Å²) >= 11 is 2.15. The number of carbonyl (C=O) groups is 2.